The second-order valence-electron chi connectivity index (χ2n) is 4.53. The number of carboxylic acid groups (broad SMARTS) is 1. The summed E-state index contributed by atoms with van der Waals surface area (Å²) in [5, 5.41) is 12.0. The highest BCUT2D eigenvalue weighted by Gasteiger charge is 2.17. The number of hydrogen-bond acceptors (Lipinski definition) is 4. The van der Waals surface area contributed by atoms with Crippen LogP contribution in [-0.4, -0.2) is 60.8 Å². The topological polar surface area (TPSA) is 78.9 Å². The lowest BCUT2D eigenvalue weighted by atomic mass is 10.1. The number of nitrogens with zero attached hydrogens (tertiary/aromatic N) is 1. The molecule has 1 heterocycles. The first-order valence-electron chi connectivity index (χ1n) is 6.56. The molecule has 0 saturated carbocycles. The lowest BCUT2D eigenvalue weighted by Crippen LogP contribution is -2.37. The Morgan fingerprint density at radius 1 is 1.42 bits per heavy atom. The number of amides is 1. The molecule has 6 heteroatoms. The molecule has 19 heavy (non-hydrogen) atoms. The van der Waals surface area contributed by atoms with E-state index in [4.69, 9.17) is 9.84 Å². The fourth-order valence-corrected chi connectivity index (χ4v) is 2.01. The Bertz CT molecular complexity index is 314. The molecule has 0 bridgehead atoms. The smallest absolute Gasteiger partial charge is 0.323 e. The van der Waals surface area contributed by atoms with Crippen LogP contribution >= 0.6 is 0 Å². The average Bonchev–Trinajstić information content (AvgIpc) is 2.39. The van der Waals surface area contributed by atoms with Gasteiger partial charge in [-0.1, -0.05) is 6.08 Å². The first-order valence-corrected chi connectivity index (χ1v) is 6.56. The normalized spacial score (nSPS) is 16.0. The van der Waals surface area contributed by atoms with E-state index in [2.05, 4.69) is 11.9 Å². The lowest BCUT2D eigenvalue weighted by molar-refractivity contribution is -0.144. The SMILES string of the molecule is C=CCN(CC(=O)O)C(=O)CCOC1CCNCC1. The van der Waals surface area contributed by atoms with Crippen LogP contribution in [0.15, 0.2) is 12.7 Å². The number of ether oxygens (including phenoxy) is 1. The summed E-state index contributed by atoms with van der Waals surface area (Å²) >= 11 is 0. The minimum absolute atomic E-state index is 0.210. The van der Waals surface area contributed by atoms with E-state index in [-0.39, 0.29) is 31.5 Å². The number of piperidine rings is 1. The van der Waals surface area contributed by atoms with Crippen molar-refractivity contribution in [2.24, 2.45) is 0 Å². The summed E-state index contributed by atoms with van der Waals surface area (Å²) in [6.45, 7) is 5.71. The molecule has 1 aliphatic heterocycles. The van der Waals surface area contributed by atoms with Crippen LogP contribution in [0.4, 0.5) is 0 Å². The Balaban J connectivity index is 2.26. The van der Waals surface area contributed by atoms with Crippen molar-refractivity contribution in [1.82, 2.24) is 10.2 Å². The molecule has 1 saturated heterocycles. The molecule has 1 fully saturated rings. The van der Waals surface area contributed by atoms with Crippen LogP contribution in [0.3, 0.4) is 0 Å². The molecule has 108 valence electrons. The molecule has 2 N–H and O–H groups in total. The van der Waals surface area contributed by atoms with Crippen molar-refractivity contribution in [2.45, 2.75) is 25.4 Å². The predicted octanol–water partition coefficient (Wildman–Crippen LogP) is 0.244. The zero-order valence-electron chi connectivity index (χ0n) is 11.1. The fourth-order valence-electron chi connectivity index (χ4n) is 2.01. The highest BCUT2D eigenvalue weighted by Crippen LogP contribution is 2.08. The summed E-state index contributed by atoms with van der Waals surface area (Å²) in [5.74, 6) is -1.23. The summed E-state index contributed by atoms with van der Waals surface area (Å²) in [7, 11) is 0. The number of hydrogen-bond donors (Lipinski definition) is 2. The van der Waals surface area contributed by atoms with E-state index in [1.54, 1.807) is 0 Å². The number of carbonyl (C=O) groups excluding carboxylic acids is 1. The van der Waals surface area contributed by atoms with Crippen LogP contribution in [0.25, 0.3) is 0 Å². The summed E-state index contributed by atoms with van der Waals surface area (Å²) in [5.41, 5.74) is 0. The molecule has 0 aromatic carbocycles. The van der Waals surface area contributed by atoms with Gasteiger partial charge < -0.3 is 20.1 Å². The Morgan fingerprint density at radius 2 is 2.11 bits per heavy atom. The maximum atomic E-state index is 11.8. The number of aliphatic carboxylic acids is 1. The van der Waals surface area contributed by atoms with Gasteiger partial charge in [0.2, 0.25) is 5.91 Å². The molecule has 0 aromatic heterocycles. The van der Waals surface area contributed by atoms with Gasteiger partial charge in [0.05, 0.1) is 19.1 Å². The van der Waals surface area contributed by atoms with Crippen LogP contribution in [0, 0.1) is 0 Å². The van der Waals surface area contributed by atoms with Crippen LogP contribution in [0.5, 0.6) is 0 Å². The molecule has 1 aliphatic rings. The largest absolute Gasteiger partial charge is 0.480 e. The molecular weight excluding hydrogens is 248 g/mol. The second-order valence-corrected chi connectivity index (χ2v) is 4.53. The predicted molar refractivity (Wildman–Crippen MR) is 70.9 cm³/mol. The van der Waals surface area contributed by atoms with Crippen molar-refractivity contribution in [3.8, 4) is 0 Å². The van der Waals surface area contributed by atoms with Gasteiger partial charge in [0.1, 0.15) is 6.54 Å². The molecule has 1 rings (SSSR count). The Hall–Kier alpha value is -1.40. The molecule has 0 aliphatic carbocycles. The summed E-state index contributed by atoms with van der Waals surface area (Å²) in [6.07, 6.45) is 3.86. The van der Waals surface area contributed by atoms with Gasteiger partial charge in [-0.05, 0) is 25.9 Å². The zero-order chi connectivity index (χ0) is 14.1. The highest BCUT2D eigenvalue weighted by atomic mass is 16.5. The molecule has 6 nitrogen and oxygen atoms in total. The standard InChI is InChI=1S/C13H22N2O4/c1-2-8-15(10-13(17)18)12(16)5-9-19-11-3-6-14-7-4-11/h2,11,14H,1,3-10H2,(H,17,18). The zero-order valence-corrected chi connectivity index (χ0v) is 11.1. The van der Waals surface area contributed by atoms with Crippen molar-refractivity contribution >= 4 is 11.9 Å². The first-order chi connectivity index (χ1) is 9.13. The van der Waals surface area contributed by atoms with Crippen LogP contribution in [-0.2, 0) is 14.3 Å². The number of nitrogens with one attached hydrogen (secondary N) is 1. The van der Waals surface area contributed by atoms with E-state index in [1.807, 2.05) is 0 Å². The van der Waals surface area contributed by atoms with Crippen LogP contribution in [0.2, 0.25) is 0 Å². The monoisotopic (exact) mass is 270 g/mol. The molecule has 0 radical (unpaired) electrons. The quantitative estimate of drug-likeness (QED) is 0.618. The maximum absolute atomic E-state index is 11.8. The first kappa shape index (κ1) is 15.7. The van der Waals surface area contributed by atoms with Crippen molar-refractivity contribution in [3.63, 3.8) is 0 Å². The van der Waals surface area contributed by atoms with E-state index in [1.165, 1.54) is 11.0 Å². The van der Waals surface area contributed by atoms with Gasteiger partial charge in [-0.25, -0.2) is 0 Å². The van der Waals surface area contributed by atoms with Gasteiger partial charge in [0.15, 0.2) is 0 Å². The molecule has 1 amide bonds. The third-order valence-electron chi connectivity index (χ3n) is 2.98. The molecule has 0 atom stereocenters. The van der Waals surface area contributed by atoms with Crippen LogP contribution < -0.4 is 5.32 Å². The molecule has 0 spiro atoms. The van der Waals surface area contributed by atoms with E-state index < -0.39 is 5.97 Å². The molecule has 0 aromatic rings. The third kappa shape index (κ3) is 6.35. The Labute approximate surface area is 113 Å². The van der Waals surface area contributed by atoms with E-state index in [9.17, 15) is 9.59 Å². The van der Waals surface area contributed by atoms with Crippen LogP contribution in [0.1, 0.15) is 19.3 Å². The summed E-state index contributed by atoms with van der Waals surface area (Å²) in [6, 6.07) is 0. The maximum Gasteiger partial charge on any atom is 0.323 e. The number of carbonyl (C=O) groups is 2. The number of carboxylic acids is 1. The minimum atomic E-state index is -1.02. The van der Waals surface area contributed by atoms with E-state index in [0.29, 0.717) is 6.61 Å². The van der Waals surface area contributed by atoms with E-state index >= 15 is 0 Å². The fraction of sp³-hybridized carbons (Fsp3) is 0.692. The average molecular weight is 270 g/mol. The summed E-state index contributed by atoms with van der Waals surface area (Å²) in [4.78, 5) is 23.7. The minimum Gasteiger partial charge on any atom is -0.480 e. The second kappa shape index (κ2) is 8.66. The van der Waals surface area contributed by atoms with Gasteiger partial charge in [-0.3, -0.25) is 9.59 Å². The van der Waals surface area contributed by atoms with Gasteiger partial charge in [0, 0.05) is 6.54 Å². The van der Waals surface area contributed by atoms with Gasteiger partial charge in [0.25, 0.3) is 0 Å². The third-order valence-corrected chi connectivity index (χ3v) is 2.98. The lowest BCUT2D eigenvalue weighted by Gasteiger charge is -2.24. The molecular formula is C13H22N2O4. The van der Waals surface area contributed by atoms with Gasteiger partial charge >= 0.3 is 5.97 Å². The van der Waals surface area contributed by atoms with Crippen molar-refractivity contribution in [2.75, 3.05) is 32.8 Å². The Kier molecular flexibility index (Phi) is 7.14. The number of rotatable bonds is 8. The van der Waals surface area contributed by atoms with Gasteiger partial charge in [-0.15, -0.1) is 6.58 Å². The van der Waals surface area contributed by atoms with Crippen molar-refractivity contribution in [1.29, 1.82) is 0 Å². The van der Waals surface area contributed by atoms with E-state index in [0.717, 1.165) is 25.9 Å². The van der Waals surface area contributed by atoms with Crippen molar-refractivity contribution < 1.29 is 19.4 Å². The Morgan fingerprint density at radius 3 is 2.68 bits per heavy atom. The summed E-state index contributed by atoms with van der Waals surface area (Å²) < 4.78 is 5.63. The van der Waals surface area contributed by atoms with Gasteiger partial charge in [-0.2, -0.15) is 0 Å². The highest BCUT2D eigenvalue weighted by molar-refractivity contribution is 5.81. The molecule has 0 unspecified atom stereocenters. The van der Waals surface area contributed by atoms with Crippen molar-refractivity contribution in [3.05, 3.63) is 12.7 Å².